The van der Waals surface area contributed by atoms with E-state index in [0.717, 1.165) is 5.56 Å². The van der Waals surface area contributed by atoms with Gasteiger partial charge in [0.2, 0.25) is 0 Å². The van der Waals surface area contributed by atoms with Crippen LogP contribution < -0.4 is 0 Å². The van der Waals surface area contributed by atoms with Crippen molar-refractivity contribution in [1.29, 1.82) is 0 Å². The highest BCUT2D eigenvalue weighted by molar-refractivity contribution is 8.13. The molecule has 1 aliphatic rings. The normalized spacial score (nSPS) is 13.6. The van der Waals surface area contributed by atoms with E-state index in [4.69, 9.17) is 11.6 Å². The second-order valence-corrected chi connectivity index (χ2v) is 6.69. The zero-order valence-electron chi connectivity index (χ0n) is 13.1. The number of para-hydroxylation sites is 1. The summed E-state index contributed by atoms with van der Waals surface area (Å²) in [6.07, 6.45) is 0. The van der Waals surface area contributed by atoms with Gasteiger partial charge in [0.1, 0.15) is 5.56 Å². The van der Waals surface area contributed by atoms with Gasteiger partial charge in [-0.2, -0.15) is 0 Å². The van der Waals surface area contributed by atoms with Crippen LogP contribution in [0, 0.1) is 10.1 Å². The largest absolute Gasteiger partial charge is 0.285 e. The molecule has 2 aromatic rings. The van der Waals surface area contributed by atoms with Gasteiger partial charge in [0.05, 0.1) is 11.5 Å². The standard InChI is InChI=1S/C17H14ClN3O3S/c18-13-5-3-4-12(10-13)11-25-17-19-8-9-20(17)16(22)14-6-1-2-7-15(14)21(23)24/h1-7,10H,8-9,11H2. The van der Waals surface area contributed by atoms with Gasteiger partial charge in [-0.3, -0.25) is 24.8 Å². The zero-order chi connectivity index (χ0) is 17.8. The quantitative estimate of drug-likeness (QED) is 0.598. The summed E-state index contributed by atoms with van der Waals surface area (Å²) in [4.78, 5) is 29.2. The van der Waals surface area contributed by atoms with Crippen LogP contribution in [0.25, 0.3) is 0 Å². The van der Waals surface area contributed by atoms with Gasteiger partial charge in [-0.1, -0.05) is 47.6 Å². The molecule has 1 amide bonds. The van der Waals surface area contributed by atoms with Gasteiger partial charge in [-0.15, -0.1) is 0 Å². The molecule has 3 rings (SSSR count). The van der Waals surface area contributed by atoms with Crippen LogP contribution >= 0.6 is 23.4 Å². The molecule has 0 bridgehead atoms. The van der Waals surface area contributed by atoms with Crippen molar-refractivity contribution in [2.45, 2.75) is 5.75 Å². The van der Waals surface area contributed by atoms with Crippen LogP contribution in [0.5, 0.6) is 0 Å². The van der Waals surface area contributed by atoms with E-state index >= 15 is 0 Å². The third-order valence-electron chi connectivity index (χ3n) is 3.63. The van der Waals surface area contributed by atoms with E-state index in [0.29, 0.717) is 29.0 Å². The Morgan fingerprint density at radius 3 is 2.84 bits per heavy atom. The molecule has 0 aromatic heterocycles. The van der Waals surface area contributed by atoms with Crippen molar-refractivity contribution in [3.05, 3.63) is 74.8 Å². The number of amides is 1. The van der Waals surface area contributed by atoms with Crippen molar-refractivity contribution < 1.29 is 9.72 Å². The minimum atomic E-state index is -0.542. The summed E-state index contributed by atoms with van der Waals surface area (Å²) < 4.78 is 0. The number of carbonyl (C=O) groups is 1. The monoisotopic (exact) mass is 375 g/mol. The summed E-state index contributed by atoms with van der Waals surface area (Å²) in [5.41, 5.74) is 0.897. The lowest BCUT2D eigenvalue weighted by Gasteiger charge is -2.17. The summed E-state index contributed by atoms with van der Waals surface area (Å²) >= 11 is 7.40. The number of nitro groups is 1. The van der Waals surface area contributed by atoms with Crippen molar-refractivity contribution in [3.8, 4) is 0 Å². The molecule has 0 aliphatic carbocycles. The SMILES string of the molecule is O=C(c1ccccc1[N+](=O)[O-])N1CCN=C1SCc1cccc(Cl)c1. The molecular weight excluding hydrogens is 362 g/mol. The van der Waals surface area contributed by atoms with Crippen LogP contribution in [-0.4, -0.2) is 34.0 Å². The number of thioether (sulfide) groups is 1. The Morgan fingerprint density at radius 2 is 2.08 bits per heavy atom. The van der Waals surface area contributed by atoms with E-state index in [9.17, 15) is 14.9 Å². The first-order valence-electron chi connectivity index (χ1n) is 7.53. The summed E-state index contributed by atoms with van der Waals surface area (Å²) in [6.45, 7) is 0.910. The van der Waals surface area contributed by atoms with Crippen LogP contribution in [0.3, 0.4) is 0 Å². The topological polar surface area (TPSA) is 75.8 Å². The van der Waals surface area contributed by atoms with E-state index in [1.54, 1.807) is 18.2 Å². The number of rotatable bonds is 4. The molecule has 0 saturated heterocycles. The number of hydrogen-bond donors (Lipinski definition) is 0. The molecule has 25 heavy (non-hydrogen) atoms. The Balaban J connectivity index is 1.75. The second kappa shape index (κ2) is 7.67. The minimum absolute atomic E-state index is 0.0745. The number of aliphatic imine (C=N–C) groups is 1. The molecule has 1 heterocycles. The smallest absolute Gasteiger partial charge is 0.282 e. The first kappa shape index (κ1) is 17.4. The third-order valence-corrected chi connectivity index (χ3v) is 4.96. The highest BCUT2D eigenvalue weighted by Gasteiger charge is 2.29. The van der Waals surface area contributed by atoms with Gasteiger partial charge >= 0.3 is 0 Å². The summed E-state index contributed by atoms with van der Waals surface area (Å²) in [7, 11) is 0. The van der Waals surface area contributed by atoms with E-state index in [2.05, 4.69) is 4.99 Å². The molecule has 128 valence electrons. The Hall–Kier alpha value is -2.38. The summed E-state index contributed by atoms with van der Waals surface area (Å²) in [5, 5.41) is 12.4. The van der Waals surface area contributed by atoms with E-state index in [1.807, 2.05) is 18.2 Å². The fraction of sp³-hybridized carbons (Fsp3) is 0.176. The lowest BCUT2D eigenvalue weighted by molar-refractivity contribution is -0.385. The summed E-state index contributed by atoms with van der Waals surface area (Å²) in [6, 6.07) is 13.4. The molecule has 1 aliphatic heterocycles. The van der Waals surface area contributed by atoms with Crippen molar-refractivity contribution in [2.24, 2.45) is 4.99 Å². The number of amidine groups is 1. The molecule has 0 N–H and O–H groups in total. The molecule has 0 fully saturated rings. The molecule has 8 heteroatoms. The number of halogens is 1. The van der Waals surface area contributed by atoms with E-state index < -0.39 is 10.8 Å². The van der Waals surface area contributed by atoms with Gasteiger partial charge < -0.3 is 0 Å². The Morgan fingerprint density at radius 1 is 1.28 bits per heavy atom. The lowest BCUT2D eigenvalue weighted by atomic mass is 10.1. The number of nitro benzene ring substituents is 1. The zero-order valence-corrected chi connectivity index (χ0v) is 14.7. The van der Waals surface area contributed by atoms with Crippen LogP contribution in [0.4, 0.5) is 5.69 Å². The van der Waals surface area contributed by atoms with Crippen LogP contribution in [-0.2, 0) is 5.75 Å². The van der Waals surface area contributed by atoms with Gasteiger partial charge in [0.25, 0.3) is 11.6 Å². The van der Waals surface area contributed by atoms with Crippen molar-refractivity contribution in [1.82, 2.24) is 4.90 Å². The van der Waals surface area contributed by atoms with Crippen molar-refractivity contribution in [2.75, 3.05) is 13.1 Å². The molecule has 0 spiro atoms. The summed E-state index contributed by atoms with van der Waals surface area (Å²) in [5.74, 6) is 0.210. The maximum Gasteiger partial charge on any atom is 0.282 e. The number of nitrogens with zero attached hydrogens (tertiary/aromatic N) is 3. The van der Waals surface area contributed by atoms with Gasteiger partial charge in [-0.25, -0.2) is 0 Å². The number of benzene rings is 2. The van der Waals surface area contributed by atoms with Crippen molar-refractivity contribution >= 4 is 40.1 Å². The molecule has 0 unspecified atom stereocenters. The van der Waals surface area contributed by atoms with E-state index in [-0.39, 0.29) is 11.3 Å². The molecular formula is C17H14ClN3O3S. The molecule has 0 atom stereocenters. The number of hydrogen-bond acceptors (Lipinski definition) is 5. The highest BCUT2D eigenvalue weighted by Crippen LogP contribution is 2.25. The highest BCUT2D eigenvalue weighted by atomic mass is 35.5. The molecule has 0 saturated carbocycles. The fourth-order valence-electron chi connectivity index (χ4n) is 2.47. The van der Waals surface area contributed by atoms with Gasteiger partial charge in [0.15, 0.2) is 5.17 Å². The molecule has 2 aromatic carbocycles. The lowest BCUT2D eigenvalue weighted by Crippen LogP contribution is -2.33. The third kappa shape index (κ3) is 4.00. The Labute approximate surface area is 153 Å². The van der Waals surface area contributed by atoms with Crippen LogP contribution in [0.1, 0.15) is 15.9 Å². The van der Waals surface area contributed by atoms with Crippen LogP contribution in [0.15, 0.2) is 53.5 Å². The maximum atomic E-state index is 12.8. The van der Waals surface area contributed by atoms with Crippen molar-refractivity contribution in [3.63, 3.8) is 0 Å². The Bertz CT molecular complexity index is 857. The fourth-order valence-corrected chi connectivity index (χ4v) is 3.67. The predicted molar refractivity (Wildman–Crippen MR) is 99.2 cm³/mol. The van der Waals surface area contributed by atoms with Crippen LogP contribution in [0.2, 0.25) is 5.02 Å². The minimum Gasteiger partial charge on any atom is -0.285 e. The maximum absolute atomic E-state index is 12.8. The second-order valence-electron chi connectivity index (χ2n) is 5.31. The first-order valence-corrected chi connectivity index (χ1v) is 8.89. The molecule has 0 radical (unpaired) electrons. The Kier molecular flexibility index (Phi) is 5.35. The number of carbonyl (C=O) groups excluding carboxylic acids is 1. The first-order chi connectivity index (χ1) is 12.1. The van der Waals surface area contributed by atoms with E-state index in [1.165, 1.54) is 28.8 Å². The molecule has 6 nitrogen and oxygen atoms in total. The van der Waals surface area contributed by atoms with Gasteiger partial charge in [-0.05, 0) is 23.8 Å². The predicted octanol–water partition coefficient (Wildman–Crippen LogP) is 3.99. The average Bonchev–Trinajstić information content (AvgIpc) is 3.08. The average molecular weight is 376 g/mol. The van der Waals surface area contributed by atoms with Gasteiger partial charge in [0, 0.05) is 23.4 Å².